The molecule has 0 aliphatic rings. The van der Waals surface area contributed by atoms with Crippen LogP contribution in [0.1, 0.15) is 5.56 Å². The van der Waals surface area contributed by atoms with Gasteiger partial charge in [-0.25, -0.2) is 0 Å². The maximum atomic E-state index is 10.3. The molecule has 2 aromatic rings. The Morgan fingerprint density at radius 1 is 1.11 bits per heavy atom. The fraction of sp³-hybridized carbons (Fsp3) is 0. The van der Waals surface area contributed by atoms with E-state index in [9.17, 15) is 9.90 Å². The zero-order valence-corrected chi connectivity index (χ0v) is 11.9. The van der Waals surface area contributed by atoms with Crippen LogP contribution in [0.2, 0.25) is 0 Å². The van der Waals surface area contributed by atoms with Crippen LogP contribution in [0.15, 0.2) is 48.8 Å². The molecule has 5 heteroatoms. The molecular weight excluding hydrogens is 239 g/mol. The number of carboxylic acid groups (broad SMARTS) is 1. The molecule has 84 valence electrons. The normalized spacial score (nSPS) is 10.0. The molecule has 0 spiro atoms. The summed E-state index contributed by atoms with van der Waals surface area (Å²) in [4.78, 5) is 18.6. The van der Waals surface area contributed by atoms with Gasteiger partial charge in [-0.05, 0) is 35.9 Å². The van der Waals surface area contributed by atoms with Crippen molar-refractivity contribution in [3.8, 4) is 11.4 Å². The van der Waals surface area contributed by atoms with Crippen molar-refractivity contribution in [3.05, 3.63) is 54.4 Å². The molecule has 0 bridgehead atoms. The third kappa shape index (κ3) is 4.07. The van der Waals surface area contributed by atoms with Crippen molar-refractivity contribution in [2.24, 2.45) is 0 Å². The number of rotatable bonds is 3. The SMILES string of the molecule is O=C([O-])/C=C/c1ccnc(-c2ccccn2)c1.[Na+]. The first-order valence-corrected chi connectivity index (χ1v) is 5.02. The van der Waals surface area contributed by atoms with Gasteiger partial charge in [0.2, 0.25) is 0 Å². The smallest absolute Gasteiger partial charge is 0.545 e. The van der Waals surface area contributed by atoms with E-state index in [0.717, 1.165) is 17.3 Å². The van der Waals surface area contributed by atoms with Crippen LogP contribution in [0.4, 0.5) is 0 Å². The standard InChI is InChI=1S/C13H10N2O2.Na/c16-13(17)5-4-10-6-8-15-12(9-10)11-3-1-2-7-14-11;/h1-9H,(H,16,17);/q;+1/p-1/b5-4+;. The zero-order chi connectivity index (χ0) is 12.1. The van der Waals surface area contributed by atoms with Crippen molar-refractivity contribution < 1.29 is 39.5 Å². The number of aromatic nitrogens is 2. The predicted molar refractivity (Wildman–Crippen MR) is 61.5 cm³/mol. The van der Waals surface area contributed by atoms with E-state index < -0.39 is 5.97 Å². The topological polar surface area (TPSA) is 65.9 Å². The second-order valence-corrected chi connectivity index (χ2v) is 3.34. The van der Waals surface area contributed by atoms with Gasteiger partial charge in [-0.2, -0.15) is 0 Å². The summed E-state index contributed by atoms with van der Waals surface area (Å²) in [6.45, 7) is 0. The fourth-order valence-electron chi connectivity index (χ4n) is 1.37. The van der Waals surface area contributed by atoms with Crippen molar-refractivity contribution in [1.29, 1.82) is 0 Å². The first-order valence-electron chi connectivity index (χ1n) is 5.02. The number of carbonyl (C=O) groups is 1. The quantitative estimate of drug-likeness (QED) is 0.461. The predicted octanol–water partition coefficient (Wildman–Crippen LogP) is -2.09. The number of carboxylic acids is 1. The average Bonchev–Trinajstić information content (AvgIpc) is 2.38. The molecule has 2 aromatic heterocycles. The summed E-state index contributed by atoms with van der Waals surface area (Å²) < 4.78 is 0. The Balaban J connectivity index is 0.00000162. The van der Waals surface area contributed by atoms with E-state index in [4.69, 9.17) is 0 Å². The van der Waals surface area contributed by atoms with Crippen molar-refractivity contribution in [2.45, 2.75) is 0 Å². The van der Waals surface area contributed by atoms with Gasteiger partial charge in [0.1, 0.15) is 0 Å². The molecule has 0 aliphatic heterocycles. The first kappa shape index (κ1) is 14.6. The Morgan fingerprint density at radius 3 is 2.56 bits per heavy atom. The van der Waals surface area contributed by atoms with E-state index >= 15 is 0 Å². The molecule has 18 heavy (non-hydrogen) atoms. The molecule has 0 amide bonds. The summed E-state index contributed by atoms with van der Waals surface area (Å²) in [5.74, 6) is -1.22. The van der Waals surface area contributed by atoms with Crippen LogP contribution in [0.3, 0.4) is 0 Å². The Hall–Kier alpha value is -1.49. The minimum absolute atomic E-state index is 0. The molecule has 0 N–H and O–H groups in total. The third-order valence-corrected chi connectivity index (χ3v) is 2.12. The van der Waals surface area contributed by atoms with Crippen LogP contribution < -0.4 is 34.7 Å². The number of hydrogen-bond donors (Lipinski definition) is 0. The monoisotopic (exact) mass is 248 g/mol. The fourth-order valence-corrected chi connectivity index (χ4v) is 1.37. The number of hydrogen-bond acceptors (Lipinski definition) is 4. The number of pyridine rings is 2. The molecule has 0 aliphatic carbocycles. The van der Waals surface area contributed by atoms with E-state index in [-0.39, 0.29) is 29.6 Å². The summed E-state index contributed by atoms with van der Waals surface area (Å²) in [5, 5.41) is 10.3. The van der Waals surface area contributed by atoms with Gasteiger partial charge in [0, 0.05) is 12.4 Å². The minimum Gasteiger partial charge on any atom is -0.545 e. The summed E-state index contributed by atoms with van der Waals surface area (Å²) in [7, 11) is 0. The summed E-state index contributed by atoms with van der Waals surface area (Å²) in [5.41, 5.74) is 2.19. The van der Waals surface area contributed by atoms with E-state index in [2.05, 4.69) is 9.97 Å². The van der Waals surface area contributed by atoms with E-state index in [1.54, 1.807) is 24.5 Å². The van der Waals surface area contributed by atoms with Crippen molar-refractivity contribution >= 4 is 12.0 Å². The van der Waals surface area contributed by atoms with Gasteiger partial charge in [-0.3, -0.25) is 9.97 Å². The van der Waals surface area contributed by atoms with Gasteiger partial charge in [-0.15, -0.1) is 0 Å². The molecule has 2 rings (SSSR count). The number of carbonyl (C=O) groups excluding carboxylic acids is 1. The van der Waals surface area contributed by atoms with Crippen molar-refractivity contribution in [3.63, 3.8) is 0 Å². The van der Waals surface area contributed by atoms with Gasteiger partial charge in [0.25, 0.3) is 0 Å². The van der Waals surface area contributed by atoms with Crippen LogP contribution in [0.5, 0.6) is 0 Å². The van der Waals surface area contributed by atoms with Crippen LogP contribution in [-0.4, -0.2) is 15.9 Å². The van der Waals surface area contributed by atoms with Crippen LogP contribution >= 0.6 is 0 Å². The van der Waals surface area contributed by atoms with E-state index in [1.165, 1.54) is 6.08 Å². The maximum Gasteiger partial charge on any atom is 1.00 e. The molecule has 0 radical (unpaired) electrons. The molecule has 4 nitrogen and oxygen atoms in total. The second-order valence-electron chi connectivity index (χ2n) is 3.34. The Labute approximate surface area is 127 Å². The molecule has 0 fully saturated rings. The van der Waals surface area contributed by atoms with E-state index in [1.807, 2.05) is 18.2 Å². The minimum atomic E-state index is -1.22. The van der Waals surface area contributed by atoms with Crippen LogP contribution in [0, 0.1) is 0 Å². The largest absolute Gasteiger partial charge is 1.00 e. The molecule has 0 saturated carbocycles. The van der Waals surface area contributed by atoms with Gasteiger partial charge >= 0.3 is 29.6 Å². The zero-order valence-electron chi connectivity index (χ0n) is 9.91. The van der Waals surface area contributed by atoms with E-state index in [0.29, 0.717) is 5.69 Å². The van der Waals surface area contributed by atoms with Gasteiger partial charge < -0.3 is 9.90 Å². The summed E-state index contributed by atoms with van der Waals surface area (Å²) >= 11 is 0. The Kier molecular flexibility index (Phi) is 5.71. The molecule has 0 atom stereocenters. The molecule has 0 unspecified atom stereocenters. The first-order chi connectivity index (χ1) is 8.25. The van der Waals surface area contributed by atoms with Gasteiger partial charge in [0.15, 0.2) is 0 Å². The molecule has 0 aromatic carbocycles. The molecule has 0 saturated heterocycles. The van der Waals surface area contributed by atoms with Gasteiger partial charge in [0.05, 0.1) is 17.4 Å². The second kappa shape index (κ2) is 7.06. The summed E-state index contributed by atoms with van der Waals surface area (Å²) in [6.07, 6.45) is 5.74. The van der Waals surface area contributed by atoms with Crippen molar-refractivity contribution in [1.82, 2.24) is 9.97 Å². The van der Waals surface area contributed by atoms with Gasteiger partial charge in [-0.1, -0.05) is 12.1 Å². The summed E-state index contributed by atoms with van der Waals surface area (Å²) in [6, 6.07) is 9.01. The molecule has 2 heterocycles. The van der Waals surface area contributed by atoms with Crippen LogP contribution in [-0.2, 0) is 4.79 Å². The number of nitrogens with zero attached hydrogens (tertiary/aromatic N) is 2. The van der Waals surface area contributed by atoms with Crippen LogP contribution in [0.25, 0.3) is 17.5 Å². The maximum absolute atomic E-state index is 10.3. The average molecular weight is 248 g/mol. The Bertz CT molecular complexity index is 556. The number of aliphatic carboxylic acids is 1. The molecular formula is C13H9N2NaO2. The van der Waals surface area contributed by atoms with Crippen molar-refractivity contribution in [2.75, 3.05) is 0 Å². The Morgan fingerprint density at radius 2 is 1.89 bits per heavy atom. The third-order valence-electron chi connectivity index (χ3n) is 2.12.